The molecule has 0 saturated heterocycles. The van der Waals surface area contributed by atoms with Crippen molar-refractivity contribution in [2.24, 2.45) is 0 Å². The van der Waals surface area contributed by atoms with Gasteiger partial charge < -0.3 is 9.84 Å². The van der Waals surface area contributed by atoms with Crippen LogP contribution in [-0.4, -0.2) is 17.7 Å². The number of rotatable bonds is 4. The molecule has 1 aromatic carbocycles. The Balaban J connectivity index is 2.69. The molecule has 0 aromatic heterocycles. The SMILES string of the molecule is CCOC(=O)CC=Cc1cc(F)c(O)c(F)c1. The number of aromatic hydroxyl groups is 1. The van der Waals surface area contributed by atoms with E-state index in [9.17, 15) is 13.6 Å². The quantitative estimate of drug-likeness (QED) is 0.825. The molecule has 5 heteroatoms. The zero-order valence-corrected chi connectivity index (χ0v) is 9.24. The first-order chi connectivity index (χ1) is 8.04. The van der Waals surface area contributed by atoms with Crippen LogP contribution in [0.15, 0.2) is 18.2 Å². The summed E-state index contributed by atoms with van der Waals surface area (Å²) in [7, 11) is 0. The minimum Gasteiger partial charge on any atom is -0.503 e. The number of carbonyl (C=O) groups excluding carboxylic acids is 1. The molecule has 17 heavy (non-hydrogen) atoms. The largest absolute Gasteiger partial charge is 0.503 e. The van der Waals surface area contributed by atoms with Crippen LogP contribution in [0.4, 0.5) is 8.78 Å². The van der Waals surface area contributed by atoms with Crippen LogP contribution in [0.1, 0.15) is 18.9 Å². The number of phenolic OH excluding ortho intramolecular Hbond substituents is 1. The minimum absolute atomic E-state index is 0.0257. The summed E-state index contributed by atoms with van der Waals surface area (Å²) in [5, 5.41) is 8.87. The van der Waals surface area contributed by atoms with Crippen molar-refractivity contribution in [3.8, 4) is 5.75 Å². The van der Waals surface area contributed by atoms with Gasteiger partial charge in [0.05, 0.1) is 13.0 Å². The molecule has 0 bridgehead atoms. The molecule has 0 aliphatic heterocycles. The second-order valence-electron chi connectivity index (χ2n) is 3.24. The van der Waals surface area contributed by atoms with Crippen LogP contribution >= 0.6 is 0 Å². The van der Waals surface area contributed by atoms with E-state index in [1.54, 1.807) is 6.92 Å². The lowest BCUT2D eigenvalue weighted by Crippen LogP contribution is -2.01. The van der Waals surface area contributed by atoms with Gasteiger partial charge in [0.2, 0.25) is 0 Å². The number of hydrogen-bond donors (Lipinski definition) is 1. The number of ether oxygens (including phenoxy) is 1. The molecule has 1 rings (SSSR count). The number of benzene rings is 1. The fourth-order valence-corrected chi connectivity index (χ4v) is 1.19. The van der Waals surface area contributed by atoms with Gasteiger partial charge in [-0.25, -0.2) is 8.78 Å². The van der Waals surface area contributed by atoms with Gasteiger partial charge in [-0.15, -0.1) is 0 Å². The summed E-state index contributed by atoms with van der Waals surface area (Å²) in [4.78, 5) is 11.0. The summed E-state index contributed by atoms with van der Waals surface area (Å²) in [5.74, 6) is -3.50. The van der Waals surface area contributed by atoms with E-state index in [1.807, 2.05) is 0 Å². The number of hydrogen-bond acceptors (Lipinski definition) is 3. The maximum Gasteiger partial charge on any atom is 0.309 e. The number of halogens is 2. The molecule has 0 aliphatic carbocycles. The summed E-state index contributed by atoms with van der Waals surface area (Å²) in [5.41, 5.74) is 0.224. The van der Waals surface area contributed by atoms with E-state index in [0.717, 1.165) is 12.1 Å². The Morgan fingerprint density at radius 3 is 2.53 bits per heavy atom. The Morgan fingerprint density at radius 1 is 1.41 bits per heavy atom. The van der Waals surface area contributed by atoms with Crippen molar-refractivity contribution in [1.29, 1.82) is 0 Å². The van der Waals surface area contributed by atoms with Crippen LogP contribution in [0.2, 0.25) is 0 Å². The lowest BCUT2D eigenvalue weighted by molar-refractivity contribution is -0.142. The molecule has 0 fully saturated rings. The van der Waals surface area contributed by atoms with Crippen molar-refractivity contribution in [3.63, 3.8) is 0 Å². The normalized spacial score (nSPS) is 10.8. The Labute approximate surface area is 97.3 Å². The third-order valence-corrected chi connectivity index (χ3v) is 1.94. The van der Waals surface area contributed by atoms with Crippen LogP contribution < -0.4 is 0 Å². The monoisotopic (exact) mass is 242 g/mol. The van der Waals surface area contributed by atoms with E-state index in [-0.39, 0.29) is 18.6 Å². The first-order valence-corrected chi connectivity index (χ1v) is 5.04. The number of phenols is 1. The van der Waals surface area contributed by atoms with Crippen molar-refractivity contribution in [1.82, 2.24) is 0 Å². The molecule has 0 saturated carbocycles. The van der Waals surface area contributed by atoms with Gasteiger partial charge in [-0.1, -0.05) is 12.2 Å². The van der Waals surface area contributed by atoms with Crippen LogP contribution in [-0.2, 0) is 9.53 Å². The van der Waals surface area contributed by atoms with E-state index >= 15 is 0 Å². The number of esters is 1. The van der Waals surface area contributed by atoms with E-state index in [4.69, 9.17) is 5.11 Å². The average molecular weight is 242 g/mol. The highest BCUT2D eigenvalue weighted by molar-refractivity contribution is 5.72. The zero-order chi connectivity index (χ0) is 12.8. The predicted octanol–water partition coefficient (Wildman–Crippen LogP) is 2.64. The van der Waals surface area contributed by atoms with Crippen molar-refractivity contribution in [2.75, 3.05) is 6.61 Å². The molecular formula is C12H12F2O3. The molecule has 0 radical (unpaired) electrons. The molecule has 0 unspecified atom stereocenters. The Kier molecular flexibility index (Phi) is 4.63. The minimum atomic E-state index is -1.04. The molecular weight excluding hydrogens is 230 g/mol. The van der Waals surface area contributed by atoms with E-state index in [0.29, 0.717) is 0 Å². The standard InChI is InChI=1S/C12H12F2O3/c1-2-17-11(15)5-3-4-8-6-9(13)12(16)10(14)7-8/h3-4,6-7,16H,2,5H2,1H3. The third-order valence-electron chi connectivity index (χ3n) is 1.94. The summed E-state index contributed by atoms with van der Waals surface area (Å²) in [6, 6.07) is 1.94. The van der Waals surface area contributed by atoms with Gasteiger partial charge >= 0.3 is 5.97 Å². The van der Waals surface area contributed by atoms with E-state index in [1.165, 1.54) is 12.2 Å². The molecule has 0 spiro atoms. The summed E-state index contributed by atoms with van der Waals surface area (Å²) >= 11 is 0. The van der Waals surface area contributed by atoms with Gasteiger partial charge in [-0.3, -0.25) is 4.79 Å². The molecule has 3 nitrogen and oxygen atoms in total. The molecule has 92 valence electrons. The maximum atomic E-state index is 12.9. The average Bonchev–Trinajstić information content (AvgIpc) is 2.26. The van der Waals surface area contributed by atoms with Crippen LogP contribution in [0, 0.1) is 11.6 Å². The number of carbonyl (C=O) groups is 1. The Hall–Kier alpha value is -1.91. The van der Waals surface area contributed by atoms with Gasteiger partial charge in [-0.2, -0.15) is 0 Å². The fraction of sp³-hybridized carbons (Fsp3) is 0.250. The van der Waals surface area contributed by atoms with Crippen molar-refractivity contribution >= 4 is 12.0 Å². The topological polar surface area (TPSA) is 46.5 Å². The predicted molar refractivity (Wildman–Crippen MR) is 58.3 cm³/mol. The third kappa shape index (κ3) is 3.86. The molecule has 0 heterocycles. The fourth-order valence-electron chi connectivity index (χ4n) is 1.19. The lowest BCUT2D eigenvalue weighted by Gasteiger charge is -2.00. The van der Waals surface area contributed by atoms with Gasteiger partial charge in [0.1, 0.15) is 0 Å². The second-order valence-corrected chi connectivity index (χ2v) is 3.24. The van der Waals surface area contributed by atoms with E-state index in [2.05, 4.69) is 4.74 Å². The smallest absolute Gasteiger partial charge is 0.309 e. The second kappa shape index (κ2) is 5.98. The molecule has 0 amide bonds. The highest BCUT2D eigenvalue weighted by Crippen LogP contribution is 2.22. The van der Waals surface area contributed by atoms with Crippen molar-refractivity contribution < 1.29 is 23.4 Å². The zero-order valence-electron chi connectivity index (χ0n) is 9.24. The molecule has 0 atom stereocenters. The van der Waals surface area contributed by atoms with E-state index < -0.39 is 23.4 Å². The summed E-state index contributed by atoms with van der Waals surface area (Å²) < 4.78 is 30.5. The molecule has 0 aliphatic rings. The van der Waals surface area contributed by atoms with Crippen LogP contribution in [0.25, 0.3) is 6.08 Å². The van der Waals surface area contributed by atoms with Gasteiger partial charge in [-0.05, 0) is 24.6 Å². The lowest BCUT2D eigenvalue weighted by atomic mass is 10.1. The van der Waals surface area contributed by atoms with Gasteiger partial charge in [0, 0.05) is 0 Å². The molecule has 1 aromatic rings. The van der Waals surface area contributed by atoms with Gasteiger partial charge in [0.15, 0.2) is 17.4 Å². The summed E-state index contributed by atoms with van der Waals surface area (Å²) in [6.45, 7) is 1.97. The van der Waals surface area contributed by atoms with Crippen molar-refractivity contribution in [3.05, 3.63) is 35.4 Å². The Bertz CT molecular complexity index is 418. The van der Waals surface area contributed by atoms with Crippen molar-refractivity contribution in [2.45, 2.75) is 13.3 Å². The molecule has 1 N–H and O–H groups in total. The van der Waals surface area contributed by atoms with Crippen LogP contribution in [0.5, 0.6) is 5.75 Å². The highest BCUT2D eigenvalue weighted by atomic mass is 19.1. The summed E-state index contributed by atoms with van der Waals surface area (Å²) in [6.07, 6.45) is 2.84. The highest BCUT2D eigenvalue weighted by Gasteiger charge is 2.07. The van der Waals surface area contributed by atoms with Crippen LogP contribution in [0.3, 0.4) is 0 Å². The maximum absolute atomic E-state index is 12.9. The van der Waals surface area contributed by atoms with Gasteiger partial charge in [0.25, 0.3) is 0 Å². The first-order valence-electron chi connectivity index (χ1n) is 5.04. The first kappa shape index (κ1) is 13.2. The Morgan fingerprint density at radius 2 is 2.00 bits per heavy atom.